The molecular formula is C39H24N12O3S3. The van der Waals surface area contributed by atoms with Crippen LogP contribution in [0.1, 0.15) is 17.5 Å². The standard InChI is InChI=1S/C39H24N12O3S3/c1-19-40-34(52-46-19)22-7-4-10-25(13-22)37-43-31(49-55-37)28-16-29(32-44-38(56-50-32)26-11-5-8-23(14-26)35-41-20(2)47-53-35)18-30(17-28)33-45-39(57-51-33)27-12-6-9-24(15-27)36-42-21(3)48-54-36/h4-18H,1-3H3. The monoisotopic (exact) mass is 804 g/mol. The van der Waals surface area contributed by atoms with E-state index in [1.807, 2.05) is 91.0 Å². The highest BCUT2D eigenvalue weighted by molar-refractivity contribution is 7.09. The molecule has 0 N–H and O–H groups in total. The molecule has 10 rings (SSSR count). The molecule has 6 aromatic heterocycles. The molecule has 0 saturated heterocycles. The van der Waals surface area contributed by atoms with Gasteiger partial charge in [0.05, 0.1) is 0 Å². The van der Waals surface area contributed by atoms with Crippen molar-refractivity contribution in [1.29, 1.82) is 0 Å². The summed E-state index contributed by atoms with van der Waals surface area (Å²) < 4.78 is 30.6. The second-order valence-corrected chi connectivity index (χ2v) is 15.0. The lowest BCUT2D eigenvalue weighted by atomic mass is 10.0. The Morgan fingerprint density at radius 2 is 0.632 bits per heavy atom. The van der Waals surface area contributed by atoms with Crippen LogP contribution in [-0.2, 0) is 0 Å². The van der Waals surface area contributed by atoms with Gasteiger partial charge in [-0.15, -0.1) is 0 Å². The van der Waals surface area contributed by atoms with E-state index in [1.165, 1.54) is 34.6 Å². The summed E-state index contributed by atoms with van der Waals surface area (Å²) in [5, 5.41) is 14.0. The minimum Gasteiger partial charge on any atom is -0.334 e. The van der Waals surface area contributed by atoms with E-state index in [0.717, 1.165) is 65.1 Å². The molecule has 4 aromatic carbocycles. The number of nitrogens with zero attached hydrogens (tertiary/aromatic N) is 12. The molecule has 0 radical (unpaired) electrons. The molecule has 18 heteroatoms. The maximum atomic E-state index is 5.41. The van der Waals surface area contributed by atoms with Crippen molar-refractivity contribution in [1.82, 2.24) is 58.5 Å². The van der Waals surface area contributed by atoms with Crippen LogP contribution in [0, 0.1) is 20.8 Å². The zero-order valence-corrected chi connectivity index (χ0v) is 32.4. The van der Waals surface area contributed by atoms with Gasteiger partial charge in [-0.1, -0.05) is 51.9 Å². The van der Waals surface area contributed by atoms with Gasteiger partial charge in [0.2, 0.25) is 0 Å². The zero-order chi connectivity index (χ0) is 38.5. The van der Waals surface area contributed by atoms with Crippen LogP contribution in [0.3, 0.4) is 0 Å². The first kappa shape index (κ1) is 34.5. The fraction of sp³-hybridized carbons (Fsp3) is 0.0769. The van der Waals surface area contributed by atoms with Gasteiger partial charge in [0.25, 0.3) is 17.7 Å². The van der Waals surface area contributed by atoms with Crippen molar-refractivity contribution in [3.63, 3.8) is 0 Å². The molecule has 276 valence electrons. The molecule has 15 nitrogen and oxygen atoms in total. The normalized spacial score (nSPS) is 11.4. The zero-order valence-electron chi connectivity index (χ0n) is 30.0. The predicted octanol–water partition coefficient (Wildman–Crippen LogP) is 9.32. The Bertz CT molecular complexity index is 2730. The van der Waals surface area contributed by atoms with Crippen LogP contribution in [-0.4, -0.2) is 58.5 Å². The topological polar surface area (TPSA) is 194 Å². The van der Waals surface area contributed by atoms with E-state index in [4.69, 9.17) is 41.6 Å². The Morgan fingerprint density at radius 3 is 0.912 bits per heavy atom. The molecular weight excluding hydrogens is 781 g/mol. The van der Waals surface area contributed by atoms with Crippen molar-refractivity contribution in [3.8, 4) is 100 Å². The maximum Gasteiger partial charge on any atom is 0.257 e. The van der Waals surface area contributed by atoms with Gasteiger partial charge in [-0.05, 0) is 110 Å². The number of aromatic nitrogens is 12. The highest BCUT2D eigenvalue weighted by Crippen LogP contribution is 2.37. The van der Waals surface area contributed by atoms with Crippen molar-refractivity contribution < 1.29 is 13.6 Å². The maximum absolute atomic E-state index is 5.41. The first-order valence-electron chi connectivity index (χ1n) is 17.3. The third kappa shape index (κ3) is 6.92. The van der Waals surface area contributed by atoms with E-state index in [2.05, 4.69) is 30.4 Å². The Kier molecular flexibility index (Phi) is 8.61. The Hall–Kier alpha value is -7.02. The third-order valence-electron chi connectivity index (χ3n) is 8.64. The SMILES string of the molecule is Cc1noc(-c2cccc(-c3nc(-c4cc(-c5nsc(-c6cccc(-c7nc(C)no7)c6)n5)cc(-c5nsc(-c6cccc(-c7nc(C)no7)c6)n5)c4)ns3)c2)n1. The molecule has 0 atom stereocenters. The molecule has 10 aromatic rings. The first-order valence-corrected chi connectivity index (χ1v) is 19.6. The molecule has 0 aliphatic carbocycles. The Morgan fingerprint density at radius 1 is 0.351 bits per heavy atom. The summed E-state index contributed by atoms with van der Waals surface area (Å²) in [7, 11) is 0. The number of rotatable bonds is 9. The summed E-state index contributed by atoms with van der Waals surface area (Å²) in [4.78, 5) is 28.0. The van der Waals surface area contributed by atoms with Gasteiger partial charge < -0.3 is 13.6 Å². The van der Waals surface area contributed by atoms with E-state index < -0.39 is 0 Å². The molecule has 0 spiro atoms. The summed E-state index contributed by atoms with van der Waals surface area (Å²) in [5.41, 5.74) is 7.25. The van der Waals surface area contributed by atoms with Gasteiger partial charge in [0.15, 0.2) is 34.9 Å². The van der Waals surface area contributed by atoms with Gasteiger partial charge in [-0.25, -0.2) is 15.0 Å². The number of benzene rings is 4. The van der Waals surface area contributed by atoms with Crippen LogP contribution in [0.5, 0.6) is 0 Å². The largest absolute Gasteiger partial charge is 0.334 e. The highest BCUT2D eigenvalue weighted by atomic mass is 32.1. The summed E-state index contributed by atoms with van der Waals surface area (Å²) in [6.45, 7) is 5.35. The number of aryl methyl sites for hydroxylation is 3. The van der Waals surface area contributed by atoms with E-state index in [1.54, 1.807) is 20.8 Å². The summed E-state index contributed by atoms with van der Waals surface area (Å²) in [6, 6.07) is 29.3. The number of hydrogen-bond donors (Lipinski definition) is 0. The van der Waals surface area contributed by atoms with Crippen molar-refractivity contribution in [2.45, 2.75) is 20.8 Å². The average molecular weight is 805 g/mol. The molecule has 0 aliphatic heterocycles. The molecule has 6 heterocycles. The summed E-state index contributed by atoms with van der Waals surface area (Å²) >= 11 is 3.88. The summed E-state index contributed by atoms with van der Waals surface area (Å²) in [6.07, 6.45) is 0. The second-order valence-electron chi connectivity index (χ2n) is 12.8. The van der Waals surface area contributed by atoms with Crippen LogP contribution in [0.4, 0.5) is 0 Å². The Labute approximate surface area is 334 Å². The summed E-state index contributed by atoms with van der Waals surface area (Å²) in [5.74, 6) is 4.61. The van der Waals surface area contributed by atoms with Crippen molar-refractivity contribution in [2.75, 3.05) is 0 Å². The van der Waals surface area contributed by atoms with Gasteiger partial charge in [0, 0.05) is 50.1 Å². The molecule has 0 unspecified atom stereocenters. The minimum absolute atomic E-state index is 0.439. The van der Waals surface area contributed by atoms with Crippen molar-refractivity contribution in [3.05, 3.63) is 108 Å². The highest BCUT2D eigenvalue weighted by Gasteiger charge is 2.19. The van der Waals surface area contributed by atoms with E-state index in [0.29, 0.717) is 52.6 Å². The molecule has 0 bridgehead atoms. The van der Waals surface area contributed by atoms with Crippen LogP contribution >= 0.6 is 34.6 Å². The van der Waals surface area contributed by atoms with Gasteiger partial charge in [-0.2, -0.15) is 28.1 Å². The van der Waals surface area contributed by atoms with E-state index in [-0.39, 0.29) is 0 Å². The van der Waals surface area contributed by atoms with Crippen molar-refractivity contribution >= 4 is 34.6 Å². The van der Waals surface area contributed by atoms with Crippen LogP contribution < -0.4 is 0 Å². The van der Waals surface area contributed by atoms with Gasteiger partial charge in [-0.3, -0.25) is 0 Å². The average Bonchev–Trinajstić information content (AvgIpc) is 4.10. The lowest BCUT2D eigenvalue weighted by molar-refractivity contribution is 0.425. The van der Waals surface area contributed by atoms with Gasteiger partial charge in [0.1, 0.15) is 15.0 Å². The predicted molar refractivity (Wildman–Crippen MR) is 214 cm³/mol. The molecule has 0 saturated carbocycles. The molecule has 0 amide bonds. The molecule has 0 fully saturated rings. The third-order valence-corrected chi connectivity index (χ3v) is 10.9. The Balaban J connectivity index is 1.03. The van der Waals surface area contributed by atoms with Crippen LogP contribution in [0.25, 0.3) is 100 Å². The van der Waals surface area contributed by atoms with Crippen LogP contribution in [0.15, 0.2) is 105 Å². The molecule has 57 heavy (non-hydrogen) atoms. The fourth-order valence-corrected chi connectivity index (χ4v) is 8.02. The van der Waals surface area contributed by atoms with Crippen LogP contribution in [0.2, 0.25) is 0 Å². The smallest absolute Gasteiger partial charge is 0.257 e. The lowest BCUT2D eigenvalue weighted by Crippen LogP contribution is -1.90. The van der Waals surface area contributed by atoms with Crippen molar-refractivity contribution in [2.24, 2.45) is 0 Å². The minimum atomic E-state index is 0.439. The number of hydrogen-bond acceptors (Lipinski definition) is 18. The van der Waals surface area contributed by atoms with E-state index in [9.17, 15) is 0 Å². The lowest BCUT2D eigenvalue weighted by Gasteiger charge is -2.05. The first-order chi connectivity index (χ1) is 27.9. The fourth-order valence-electron chi connectivity index (χ4n) is 5.99. The van der Waals surface area contributed by atoms with E-state index >= 15 is 0 Å². The van der Waals surface area contributed by atoms with Gasteiger partial charge >= 0.3 is 0 Å². The quantitative estimate of drug-likeness (QED) is 0.134. The molecule has 0 aliphatic rings. The second kappa shape index (κ2) is 14.2.